The zero-order valence-corrected chi connectivity index (χ0v) is 20.8. The molecule has 0 N–H and O–H groups in total. The highest BCUT2D eigenvalue weighted by Gasteiger charge is 2.18. The van der Waals surface area contributed by atoms with Gasteiger partial charge in [-0.05, 0) is 123 Å². The Bertz CT molecular complexity index is 1260. The number of hydrogen-bond acceptors (Lipinski definition) is 0. The third kappa shape index (κ3) is 6.18. The fourth-order valence-corrected chi connectivity index (χ4v) is 4.68. The monoisotopic (exact) mass is 448 g/mol. The van der Waals surface area contributed by atoms with Crippen molar-refractivity contribution in [3.8, 4) is 23.7 Å². The molecule has 0 atom stereocenters. The molecule has 3 aromatic rings. The minimum absolute atomic E-state index is 0.222. The van der Waals surface area contributed by atoms with E-state index in [1.807, 2.05) is 36.4 Å². The van der Waals surface area contributed by atoms with Crippen LogP contribution in [-0.2, 0) is 6.42 Å². The number of hydrogen-bond donors (Lipinski definition) is 0. The van der Waals surface area contributed by atoms with E-state index in [-0.39, 0.29) is 5.82 Å². The van der Waals surface area contributed by atoms with Crippen LogP contribution in [0.2, 0.25) is 0 Å². The minimum atomic E-state index is -0.222. The maximum absolute atomic E-state index is 14.7. The molecule has 4 rings (SSSR count). The van der Waals surface area contributed by atoms with E-state index in [9.17, 15) is 4.39 Å². The molecule has 1 aliphatic carbocycles. The van der Waals surface area contributed by atoms with Crippen LogP contribution in [0.5, 0.6) is 0 Å². The van der Waals surface area contributed by atoms with Crippen molar-refractivity contribution in [3.05, 3.63) is 105 Å². The number of halogens is 1. The van der Waals surface area contributed by atoms with Crippen molar-refractivity contribution >= 4 is 0 Å². The van der Waals surface area contributed by atoms with Crippen molar-refractivity contribution < 1.29 is 4.39 Å². The molecule has 0 nitrogen and oxygen atoms in total. The molecule has 0 bridgehead atoms. The maximum Gasteiger partial charge on any atom is 0.139 e. The largest absolute Gasteiger partial charge is 0.206 e. The van der Waals surface area contributed by atoms with E-state index >= 15 is 0 Å². The number of benzene rings is 3. The topological polar surface area (TPSA) is 0 Å². The summed E-state index contributed by atoms with van der Waals surface area (Å²) < 4.78 is 14.7. The summed E-state index contributed by atoms with van der Waals surface area (Å²) in [4.78, 5) is 0. The molecule has 0 aromatic heterocycles. The lowest BCUT2D eigenvalue weighted by Gasteiger charge is -2.26. The highest BCUT2D eigenvalue weighted by Crippen LogP contribution is 2.30. The van der Waals surface area contributed by atoms with Crippen LogP contribution in [0, 0.1) is 62.1 Å². The van der Waals surface area contributed by atoms with Crippen LogP contribution < -0.4 is 0 Å². The van der Waals surface area contributed by atoms with Crippen LogP contribution in [0.1, 0.15) is 77.1 Å². The van der Waals surface area contributed by atoms with Crippen molar-refractivity contribution in [3.63, 3.8) is 0 Å². The van der Waals surface area contributed by atoms with Gasteiger partial charge in [-0.2, -0.15) is 0 Å². The van der Waals surface area contributed by atoms with E-state index in [4.69, 9.17) is 0 Å². The van der Waals surface area contributed by atoms with Crippen LogP contribution in [0.4, 0.5) is 4.39 Å². The van der Waals surface area contributed by atoms with Gasteiger partial charge in [-0.15, -0.1) is 0 Å². The van der Waals surface area contributed by atoms with E-state index < -0.39 is 0 Å². The van der Waals surface area contributed by atoms with Gasteiger partial charge in [-0.1, -0.05) is 49.5 Å². The van der Waals surface area contributed by atoms with Gasteiger partial charge in [0.15, 0.2) is 0 Å². The lowest BCUT2D eigenvalue weighted by atomic mass is 9.80. The summed E-state index contributed by atoms with van der Waals surface area (Å²) in [5.74, 6) is 13.9. The smallest absolute Gasteiger partial charge is 0.139 e. The highest BCUT2D eigenvalue weighted by atomic mass is 19.1. The van der Waals surface area contributed by atoms with Gasteiger partial charge in [0, 0.05) is 16.7 Å². The molecule has 0 amide bonds. The van der Waals surface area contributed by atoms with Crippen molar-refractivity contribution in [2.24, 2.45) is 11.8 Å². The van der Waals surface area contributed by atoms with Crippen LogP contribution in [-0.4, -0.2) is 0 Å². The Morgan fingerprint density at radius 1 is 0.706 bits per heavy atom. The molecule has 172 valence electrons. The summed E-state index contributed by atoms with van der Waals surface area (Å²) in [5, 5.41) is 0. The first-order chi connectivity index (χ1) is 16.4. The molecule has 1 saturated carbocycles. The van der Waals surface area contributed by atoms with Crippen molar-refractivity contribution in [1.82, 2.24) is 0 Å². The molecule has 1 fully saturated rings. The van der Waals surface area contributed by atoms with Crippen molar-refractivity contribution in [2.75, 3.05) is 0 Å². The molecule has 3 aromatic carbocycles. The zero-order valence-electron chi connectivity index (χ0n) is 20.8. The van der Waals surface area contributed by atoms with Crippen molar-refractivity contribution in [1.29, 1.82) is 0 Å². The van der Waals surface area contributed by atoms with Crippen LogP contribution in [0.15, 0.2) is 54.6 Å². The second-order valence-corrected chi connectivity index (χ2v) is 9.96. The quantitative estimate of drug-likeness (QED) is 0.349. The predicted octanol–water partition coefficient (Wildman–Crippen LogP) is 7.92. The first-order valence-corrected chi connectivity index (χ1v) is 12.4. The zero-order chi connectivity index (χ0) is 24.1. The second kappa shape index (κ2) is 10.8. The summed E-state index contributed by atoms with van der Waals surface area (Å²) in [6, 6.07) is 17.6. The van der Waals surface area contributed by atoms with Gasteiger partial charge in [0.05, 0.1) is 5.56 Å². The predicted molar refractivity (Wildman–Crippen MR) is 140 cm³/mol. The lowest BCUT2D eigenvalue weighted by Crippen LogP contribution is -2.14. The highest BCUT2D eigenvalue weighted by molar-refractivity contribution is 5.50. The Balaban J connectivity index is 1.41. The van der Waals surface area contributed by atoms with Gasteiger partial charge in [0.25, 0.3) is 0 Å². The Morgan fingerprint density at radius 2 is 1.26 bits per heavy atom. The third-order valence-electron chi connectivity index (χ3n) is 7.20. The minimum Gasteiger partial charge on any atom is -0.206 e. The maximum atomic E-state index is 14.7. The normalized spacial score (nSPS) is 17.3. The molecule has 0 spiro atoms. The molecular weight excluding hydrogens is 415 g/mol. The first kappa shape index (κ1) is 23.9. The standard InChI is InChI=1S/C33H33F/c1-23-5-7-29(8-6-23)21-31-16-18-32(33(34)22-31)17-15-28-11-9-27(10-12-28)13-14-30-19-24(2)26(4)25(3)20-30/h9-12,16,18-20,22-23,29H,5-8,21H2,1-4H3. The summed E-state index contributed by atoms with van der Waals surface area (Å²) >= 11 is 0. The van der Waals surface area contributed by atoms with Gasteiger partial charge < -0.3 is 0 Å². The average molecular weight is 449 g/mol. The van der Waals surface area contributed by atoms with Gasteiger partial charge >= 0.3 is 0 Å². The van der Waals surface area contributed by atoms with Crippen LogP contribution >= 0.6 is 0 Å². The molecule has 0 aliphatic heterocycles. The average Bonchev–Trinajstić information content (AvgIpc) is 2.83. The summed E-state index contributed by atoms with van der Waals surface area (Å²) in [6.45, 7) is 8.71. The van der Waals surface area contributed by atoms with Gasteiger partial charge in [-0.3, -0.25) is 0 Å². The lowest BCUT2D eigenvalue weighted by molar-refractivity contribution is 0.289. The Morgan fingerprint density at radius 3 is 1.85 bits per heavy atom. The summed E-state index contributed by atoms with van der Waals surface area (Å²) in [6.07, 6.45) is 6.09. The summed E-state index contributed by atoms with van der Waals surface area (Å²) in [5.41, 5.74) is 8.21. The molecule has 0 radical (unpaired) electrons. The molecule has 1 aliphatic rings. The van der Waals surface area contributed by atoms with E-state index in [1.54, 1.807) is 6.07 Å². The van der Waals surface area contributed by atoms with E-state index in [2.05, 4.69) is 63.5 Å². The van der Waals surface area contributed by atoms with E-state index in [1.165, 1.54) is 42.4 Å². The van der Waals surface area contributed by atoms with Crippen LogP contribution in [0.3, 0.4) is 0 Å². The molecule has 1 heteroatoms. The third-order valence-corrected chi connectivity index (χ3v) is 7.20. The number of rotatable bonds is 2. The van der Waals surface area contributed by atoms with Gasteiger partial charge in [-0.25, -0.2) is 4.39 Å². The van der Waals surface area contributed by atoms with Gasteiger partial charge in [0.1, 0.15) is 5.82 Å². The van der Waals surface area contributed by atoms with E-state index in [0.717, 1.165) is 34.6 Å². The number of aryl methyl sites for hydroxylation is 2. The van der Waals surface area contributed by atoms with Crippen molar-refractivity contribution in [2.45, 2.75) is 59.8 Å². The SMILES string of the molecule is Cc1cc(C#Cc2ccc(C#Cc3ccc(CC4CCC(C)CC4)cc3F)cc2)cc(C)c1C. The molecule has 34 heavy (non-hydrogen) atoms. The first-order valence-electron chi connectivity index (χ1n) is 12.4. The van der Waals surface area contributed by atoms with Crippen LogP contribution in [0.25, 0.3) is 0 Å². The fourth-order valence-electron chi connectivity index (χ4n) is 4.68. The molecular formula is C33H33F. The molecule has 0 saturated heterocycles. The summed E-state index contributed by atoms with van der Waals surface area (Å²) in [7, 11) is 0. The van der Waals surface area contributed by atoms with Gasteiger partial charge in [0.2, 0.25) is 0 Å². The Kier molecular flexibility index (Phi) is 7.55. The molecule has 0 unspecified atom stereocenters. The fraction of sp³-hybridized carbons (Fsp3) is 0.333. The Labute approximate surface area is 204 Å². The van der Waals surface area contributed by atoms with E-state index in [0.29, 0.717) is 11.5 Å². The molecule has 0 heterocycles. The Hall–Kier alpha value is -3.29. The second-order valence-electron chi connectivity index (χ2n) is 9.96.